The Hall–Kier alpha value is -2.93. The van der Waals surface area contributed by atoms with Gasteiger partial charge in [-0.2, -0.15) is 5.10 Å². The van der Waals surface area contributed by atoms with Gasteiger partial charge in [-0.25, -0.2) is 4.68 Å². The van der Waals surface area contributed by atoms with Crippen LogP contribution in [0.2, 0.25) is 0 Å². The van der Waals surface area contributed by atoms with E-state index in [0.29, 0.717) is 18.8 Å². The quantitative estimate of drug-likeness (QED) is 0.697. The van der Waals surface area contributed by atoms with Crippen molar-refractivity contribution in [3.8, 4) is 5.69 Å². The number of hydrogen-bond donors (Lipinski definition) is 0. The van der Waals surface area contributed by atoms with Gasteiger partial charge in [-0.05, 0) is 39.0 Å². The maximum atomic E-state index is 12.9. The van der Waals surface area contributed by atoms with Crippen LogP contribution in [-0.2, 0) is 6.54 Å². The van der Waals surface area contributed by atoms with Crippen LogP contribution in [-0.4, -0.2) is 56.8 Å². The Morgan fingerprint density at radius 3 is 2.43 bits per heavy atom. The molecule has 1 aromatic carbocycles. The fourth-order valence-electron chi connectivity index (χ4n) is 3.63. The number of piperazine rings is 1. The molecule has 0 spiro atoms. The van der Waals surface area contributed by atoms with E-state index in [1.807, 2.05) is 66.8 Å². The van der Waals surface area contributed by atoms with Crippen molar-refractivity contribution in [1.82, 2.24) is 24.7 Å². The first-order valence-corrected chi connectivity index (χ1v) is 9.58. The molecule has 0 N–H and O–H groups in total. The summed E-state index contributed by atoms with van der Waals surface area (Å²) in [5.41, 5.74) is 4.50. The van der Waals surface area contributed by atoms with Crippen LogP contribution in [0.3, 0.4) is 0 Å². The molecule has 0 aliphatic carbocycles. The smallest absolute Gasteiger partial charge is 0.274 e. The Morgan fingerprint density at radius 1 is 1.07 bits per heavy atom. The van der Waals surface area contributed by atoms with Crippen LogP contribution in [0.1, 0.15) is 33.2 Å². The molecule has 1 aliphatic heterocycles. The van der Waals surface area contributed by atoms with Gasteiger partial charge in [0, 0.05) is 44.0 Å². The van der Waals surface area contributed by atoms with Gasteiger partial charge in [0.2, 0.25) is 0 Å². The van der Waals surface area contributed by atoms with Crippen molar-refractivity contribution in [2.24, 2.45) is 0 Å². The summed E-state index contributed by atoms with van der Waals surface area (Å²) in [5, 5.41) is 8.57. The number of nitrogens with zero attached hydrogens (tertiary/aromatic N) is 5. The van der Waals surface area contributed by atoms with Crippen molar-refractivity contribution in [3.63, 3.8) is 0 Å². The number of benzene rings is 1. The van der Waals surface area contributed by atoms with Crippen LogP contribution < -0.4 is 0 Å². The van der Waals surface area contributed by atoms with Crippen molar-refractivity contribution in [2.45, 2.75) is 27.3 Å². The van der Waals surface area contributed by atoms with Crippen LogP contribution >= 0.6 is 0 Å². The summed E-state index contributed by atoms with van der Waals surface area (Å²) in [4.78, 5) is 17.2. The van der Waals surface area contributed by atoms with E-state index in [0.717, 1.165) is 48.0 Å². The van der Waals surface area contributed by atoms with Gasteiger partial charge >= 0.3 is 0 Å². The first-order valence-electron chi connectivity index (χ1n) is 9.58. The molecule has 1 fully saturated rings. The minimum absolute atomic E-state index is 0.00484. The fourth-order valence-corrected chi connectivity index (χ4v) is 3.63. The van der Waals surface area contributed by atoms with Crippen molar-refractivity contribution in [3.05, 3.63) is 64.8 Å². The van der Waals surface area contributed by atoms with Gasteiger partial charge in [0.05, 0.1) is 11.4 Å². The Morgan fingerprint density at radius 2 is 1.79 bits per heavy atom. The lowest BCUT2D eigenvalue weighted by Gasteiger charge is -2.34. The Bertz CT molecular complexity index is 949. The highest BCUT2D eigenvalue weighted by Gasteiger charge is 2.25. The van der Waals surface area contributed by atoms with Crippen molar-refractivity contribution in [1.29, 1.82) is 0 Å². The average Bonchev–Trinajstić information content (AvgIpc) is 3.26. The molecule has 0 atom stereocenters. The Balaban J connectivity index is 1.41. The first kappa shape index (κ1) is 18.4. The predicted molar refractivity (Wildman–Crippen MR) is 105 cm³/mol. The molecule has 3 aromatic rings. The lowest BCUT2D eigenvalue weighted by atomic mass is 10.1. The van der Waals surface area contributed by atoms with Gasteiger partial charge in [0.15, 0.2) is 5.69 Å². The summed E-state index contributed by atoms with van der Waals surface area (Å²) < 4.78 is 7.07. The van der Waals surface area contributed by atoms with E-state index in [1.165, 1.54) is 0 Å². The Kier molecular flexibility index (Phi) is 5.00. The molecule has 7 heteroatoms. The number of aryl methyl sites for hydroxylation is 3. The molecule has 7 nitrogen and oxygen atoms in total. The van der Waals surface area contributed by atoms with Crippen LogP contribution in [0, 0.1) is 20.8 Å². The molecule has 0 bridgehead atoms. The van der Waals surface area contributed by atoms with E-state index in [9.17, 15) is 4.79 Å². The summed E-state index contributed by atoms with van der Waals surface area (Å²) >= 11 is 0. The third kappa shape index (κ3) is 3.57. The van der Waals surface area contributed by atoms with Gasteiger partial charge in [-0.15, -0.1) is 0 Å². The molecule has 146 valence electrons. The lowest BCUT2D eigenvalue weighted by molar-refractivity contribution is 0.0621. The molecule has 28 heavy (non-hydrogen) atoms. The zero-order valence-corrected chi connectivity index (χ0v) is 16.6. The van der Waals surface area contributed by atoms with E-state index in [4.69, 9.17) is 4.52 Å². The summed E-state index contributed by atoms with van der Waals surface area (Å²) in [6, 6.07) is 11.7. The number of carbonyl (C=O) groups is 1. The summed E-state index contributed by atoms with van der Waals surface area (Å²) in [7, 11) is 0. The molecule has 0 saturated carbocycles. The fraction of sp³-hybridized carbons (Fsp3) is 0.381. The second-order valence-corrected chi connectivity index (χ2v) is 7.29. The predicted octanol–water partition coefficient (Wildman–Crippen LogP) is 2.74. The van der Waals surface area contributed by atoms with Crippen LogP contribution in [0.25, 0.3) is 5.69 Å². The number of carbonyl (C=O) groups excluding carboxylic acids is 1. The van der Waals surface area contributed by atoms with Gasteiger partial charge in [0.1, 0.15) is 5.76 Å². The molecule has 3 heterocycles. The molecular weight excluding hydrogens is 354 g/mol. The van der Waals surface area contributed by atoms with Crippen molar-refractivity contribution in [2.75, 3.05) is 26.2 Å². The maximum absolute atomic E-state index is 12.9. The van der Waals surface area contributed by atoms with Gasteiger partial charge in [-0.3, -0.25) is 9.69 Å². The van der Waals surface area contributed by atoms with E-state index in [2.05, 4.69) is 15.2 Å². The van der Waals surface area contributed by atoms with E-state index >= 15 is 0 Å². The highest BCUT2D eigenvalue weighted by molar-refractivity contribution is 5.92. The summed E-state index contributed by atoms with van der Waals surface area (Å²) in [6.45, 7) is 9.74. The number of aromatic nitrogens is 3. The second kappa shape index (κ2) is 7.59. The van der Waals surface area contributed by atoms with E-state index in [-0.39, 0.29) is 5.91 Å². The molecule has 4 rings (SSSR count). The summed E-state index contributed by atoms with van der Waals surface area (Å²) in [6.07, 6.45) is 0. The van der Waals surface area contributed by atoms with Crippen LogP contribution in [0.5, 0.6) is 0 Å². The topological polar surface area (TPSA) is 67.4 Å². The largest absolute Gasteiger partial charge is 0.361 e. The molecule has 0 radical (unpaired) electrons. The molecule has 1 amide bonds. The van der Waals surface area contributed by atoms with Crippen LogP contribution in [0.4, 0.5) is 0 Å². The third-order valence-corrected chi connectivity index (χ3v) is 5.33. The molecular formula is C21H25N5O2. The van der Waals surface area contributed by atoms with Crippen LogP contribution in [0.15, 0.2) is 40.9 Å². The maximum Gasteiger partial charge on any atom is 0.274 e. The van der Waals surface area contributed by atoms with E-state index in [1.54, 1.807) is 0 Å². The third-order valence-electron chi connectivity index (χ3n) is 5.33. The van der Waals surface area contributed by atoms with Gasteiger partial charge in [0.25, 0.3) is 5.91 Å². The minimum Gasteiger partial charge on any atom is -0.361 e. The lowest BCUT2D eigenvalue weighted by Crippen LogP contribution is -2.48. The number of hydrogen-bond acceptors (Lipinski definition) is 5. The minimum atomic E-state index is -0.00484. The first-order chi connectivity index (χ1) is 13.5. The number of rotatable bonds is 4. The van der Waals surface area contributed by atoms with E-state index < -0.39 is 0 Å². The van der Waals surface area contributed by atoms with Gasteiger partial charge in [-0.1, -0.05) is 23.4 Å². The summed E-state index contributed by atoms with van der Waals surface area (Å²) in [5.74, 6) is 0.868. The van der Waals surface area contributed by atoms with Gasteiger partial charge < -0.3 is 9.42 Å². The average molecular weight is 379 g/mol. The Labute approximate surface area is 164 Å². The normalized spacial score (nSPS) is 15.2. The van der Waals surface area contributed by atoms with Crippen molar-refractivity contribution >= 4 is 5.91 Å². The molecule has 2 aromatic heterocycles. The monoisotopic (exact) mass is 379 g/mol. The highest BCUT2D eigenvalue weighted by Crippen LogP contribution is 2.18. The molecule has 0 unspecified atom stereocenters. The SMILES string of the molecule is Cc1noc(C)c1CN1CCN(C(=O)c2cc(C)n(-c3ccccc3)n2)CC1. The second-order valence-electron chi connectivity index (χ2n) is 7.29. The zero-order valence-electron chi connectivity index (χ0n) is 16.6. The van der Waals surface area contributed by atoms with Crippen molar-refractivity contribution < 1.29 is 9.32 Å². The highest BCUT2D eigenvalue weighted by atomic mass is 16.5. The number of amides is 1. The molecule has 1 saturated heterocycles. The molecule has 1 aliphatic rings. The standard InChI is InChI=1S/C21H25N5O2/c1-15-13-20(22-26(15)18-7-5-4-6-8-18)21(27)25-11-9-24(10-12-25)14-19-16(2)23-28-17(19)3/h4-8,13H,9-12,14H2,1-3H3. The number of para-hydroxylation sites is 1. The zero-order chi connectivity index (χ0) is 19.7.